The number of hydrogen-bond acceptors (Lipinski definition) is 7. The summed E-state index contributed by atoms with van der Waals surface area (Å²) in [6.07, 6.45) is 5.21. The van der Waals surface area contributed by atoms with Crippen LogP contribution in [0, 0.1) is 0 Å². The Labute approximate surface area is 224 Å². The molecule has 1 aliphatic carbocycles. The molecule has 1 aliphatic rings. The Bertz CT molecular complexity index is 1450. The van der Waals surface area contributed by atoms with Gasteiger partial charge in [0.1, 0.15) is 35.4 Å². The number of carbonyl (C=O) groups is 2. The molecule has 10 heteroatoms. The van der Waals surface area contributed by atoms with Crippen LogP contribution in [0.25, 0.3) is 11.0 Å². The number of aromatic nitrogens is 3. The second-order valence-corrected chi connectivity index (χ2v) is 9.82. The number of H-pyrrole nitrogens is 1. The maximum Gasteiger partial charge on any atom is 0.248 e. The van der Waals surface area contributed by atoms with Gasteiger partial charge in [-0.1, -0.05) is 29.8 Å². The van der Waals surface area contributed by atoms with E-state index in [0.717, 1.165) is 25.7 Å². The van der Waals surface area contributed by atoms with Crippen LogP contribution in [0.4, 0.5) is 5.82 Å². The van der Waals surface area contributed by atoms with Crippen LogP contribution in [-0.4, -0.2) is 49.9 Å². The summed E-state index contributed by atoms with van der Waals surface area (Å²) in [7, 11) is 0. The maximum atomic E-state index is 13.6. The van der Waals surface area contributed by atoms with Gasteiger partial charge in [-0.2, -0.15) is 0 Å². The lowest BCUT2D eigenvalue weighted by Gasteiger charge is -2.30. The van der Waals surface area contributed by atoms with Crippen molar-refractivity contribution in [3.8, 4) is 11.5 Å². The van der Waals surface area contributed by atoms with Crippen molar-refractivity contribution in [3.05, 3.63) is 77.2 Å². The molecule has 0 saturated heterocycles. The van der Waals surface area contributed by atoms with Gasteiger partial charge in [0.25, 0.3) is 0 Å². The average molecular weight is 534 g/mol. The molecular formula is C28H28ClN5O4. The van der Waals surface area contributed by atoms with Crippen LogP contribution in [-0.2, 0) is 4.79 Å². The van der Waals surface area contributed by atoms with Gasteiger partial charge in [-0.3, -0.25) is 9.59 Å². The van der Waals surface area contributed by atoms with E-state index in [2.05, 4.69) is 25.6 Å². The number of nitrogens with one attached hydrogen (secondary N) is 3. The van der Waals surface area contributed by atoms with Crippen LogP contribution in [0.3, 0.4) is 0 Å². The lowest BCUT2D eigenvalue weighted by Crippen LogP contribution is -2.43. The molecule has 0 aliphatic heterocycles. The third-order valence-corrected chi connectivity index (χ3v) is 6.99. The summed E-state index contributed by atoms with van der Waals surface area (Å²) in [4.78, 5) is 37.2. The SMILES string of the molecule is CC(O)C(=O)N[C@H]1CC[C@@H](Nc2ncnc3[nH]cc(C(=O)c4ccc(Oc5ccccc5)cc4Cl)c23)CC1. The van der Waals surface area contributed by atoms with E-state index in [1.807, 2.05) is 30.3 Å². The van der Waals surface area contributed by atoms with Crippen molar-refractivity contribution in [2.75, 3.05) is 5.32 Å². The number of anilines is 1. The van der Waals surface area contributed by atoms with Gasteiger partial charge >= 0.3 is 0 Å². The van der Waals surface area contributed by atoms with Gasteiger partial charge in [-0.25, -0.2) is 9.97 Å². The Balaban J connectivity index is 1.32. The quantitative estimate of drug-likeness (QED) is 0.238. The molecule has 2 heterocycles. The summed E-state index contributed by atoms with van der Waals surface area (Å²) in [5, 5.41) is 16.7. The third kappa shape index (κ3) is 5.64. The van der Waals surface area contributed by atoms with Crippen molar-refractivity contribution >= 4 is 40.1 Å². The minimum absolute atomic E-state index is 0.0287. The molecule has 2 aromatic carbocycles. The highest BCUT2D eigenvalue weighted by molar-refractivity contribution is 6.35. The van der Waals surface area contributed by atoms with Gasteiger partial charge in [0.2, 0.25) is 5.91 Å². The first-order chi connectivity index (χ1) is 18.4. The number of amides is 1. The van der Waals surface area contributed by atoms with Crippen LogP contribution in [0.5, 0.6) is 11.5 Å². The molecule has 0 bridgehead atoms. The second-order valence-electron chi connectivity index (χ2n) is 9.41. The Morgan fingerprint density at radius 1 is 1.03 bits per heavy atom. The summed E-state index contributed by atoms with van der Waals surface area (Å²) in [6.45, 7) is 1.46. The van der Waals surface area contributed by atoms with Crippen molar-refractivity contribution in [1.29, 1.82) is 0 Å². The summed E-state index contributed by atoms with van der Waals surface area (Å²) in [5.41, 5.74) is 1.31. The fourth-order valence-corrected chi connectivity index (χ4v) is 4.92. The molecule has 4 N–H and O–H groups in total. The number of carbonyl (C=O) groups excluding carboxylic acids is 2. The predicted molar refractivity (Wildman–Crippen MR) is 145 cm³/mol. The van der Waals surface area contributed by atoms with E-state index >= 15 is 0 Å². The number of ketones is 1. The summed E-state index contributed by atoms with van der Waals surface area (Å²) >= 11 is 6.52. The number of hydrogen-bond donors (Lipinski definition) is 4. The van der Waals surface area contributed by atoms with E-state index in [4.69, 9.17) is 16.3 Å². The van der Waals surface area contributed by atoms with Crippen LogP contribution in [0.15, 0.2) is 61.1 Å². The fourth-order valence-electron chi connectivity index (χ4n) is 4.66. The molecule has 1 fully saturated rings. The Morgan fingerprint density at radius 3 is 2.47 bits per heavy atom. The molecule has 4 aromatic rings. The third-order valence-electron chi connectivity index (χ3n) is 6.67. The number of nitrogens with zero attached hydrogens (tertiary/aromatic N) is 2. The first kappa shape index (κ1) is 25.7. The van der Waals surface area contributed by atoms with Crippen LogP contribution in [0.1, 0.15) is 48.5 Å². The molecule has 0 spiro atoms. The van der Waals surface area contributed by atoms with Crippen LogP contribution >= 0.6 is 11.6 Å². The highest BCUT2D eigenvalue weighted by Gasteiger charge is 2.26. The largest absolute Gasteiger partial charge is 0.457 e. The normalized spacial score (nSPS) is 18.1. The van der Waals surface area contributed by atoms with Crippen molar-refractivity contribution in [2.24, 2.45) is 0 Å². The molecule has 2 aromatic heterocycles. The molecule has 1 atom stereocenters. The topological polar surface area (TPSA) is 129 Å². The number of aliphatic hydroxyl groups excluding tert-OH is 1. The van der Waals surface area contributed by atoms with Crippen LogP contribution < -0.4 is 15.4 Å². The smallest absolute Gasteiger partial charge is 0.248 e. The molecule has 1 amide bonds. The number of para-hydroxylation sites is 1. The van der Waals surface area contributed by atoms with Crippen molar-refractivity contribution in [1.82, 2.24) is 20.3 Å². The van der Waals surface area contributed by atoms with E-state index in [1.165, 1.54) is 13.3 Å². The molecular weight excluding hydrogens is 506 g/mol. The highest BCUT2D eigenvalue weighted by Crippen LogP contribution is 2.32. The minimum Gasteiger partial charge on any atom is -0.457 e. The van der Waals surface area contributed by atoms with Gasteiger partial charge in [-0.05, 0) is 56.9 Å². The first-order valence-electron chi connectivity index (χ1n) is 12.5. The molecule has 9 nitrogen and oxygen atoms in total. The fraction of sp³-hybridized carbons (Fsp3) is 0.286. The number of rotatable bonds is 8. The molecule has 1 unspecified atom stereocenters. The zero-order valence-corrected chi connectivity index (χ0v) is 21.5. The molecule has 38 heavy (non-hydrogen) atoms. The maximum absolute atomic E-state index is 13.6. The number of aromatic amines is 1. The zero-order valence-electron chi connectivity index (χ0n) is 20.8. The number of aliphatic hydroxyl groups is 1. The van der Waals surface area contributed by atoms with E-state index in [1.54, 1.807) is 24.4 Å². The molecule has 5 rings (SSSR count). The second kappa shape index (κ2) is 11.2. The van der Waals surface area contributed by atoms with E-state index < -0.39 is 6.10 Å². The minimum atomic E-state index is -1.02. The zero-order chi connectivity index (χ0) is 26.6. The average Bonchev–Trinajstić information content (AvgIpc) is 3.35. The number of halogens is 1. The molecule has 1 saturated carbocycles. The van der Waals surface area contributed by atoms with E-state index in [0.29, 0.717) is 39.5 Å². The van der Waals surface area contributed by atoms with Crippen LogP contribution in [0.2, 0.25) is 5.02 Å². The Hall–Kier alpha value is -3.95. The van der Waals surface area contributed by atoms with Crippen molar-refractivity contribution in [3.63, 3.8) is 0 Å². The van der Waals surface area contributed by atoms with Gasteiger partial charge in [-0.15, -0.1) is 0 Å². The van der Waals surface area contributed by atoms with E-state index in [-0.39, 0.29) is 28.8 Å². The van der Waals surface area contributed by atoms with Gasteiger partial charge in [0.15, 0.2) is 5.78 Å². The summed E-state index contributed by atoms with van der Waals surface area (Å²) in [5.74, 6) is 1.16. The van der Waals surface area contributed by atoms with Crippen molar-refractivity contribution < 1.29 is 19.4 Å². The monoisotopic (exact) mass is 533 g/mol. The number of ether oxygens (including phenoxy) is 1. The van der Waals surface area contributed by atoms with Gasteiger partial charge in [0, 0.05) is 29.9 Å². The van der Waals surface area contributed by atoms with Gasteiger partial charge in [0.05, 0.1) is 16.0 Å². The first-order valence-corrected chi connectivity index (χ1v) is 12.9. The lowest BCUT2D eigenvalue weighted by atomic mass is 9.91. The molecule has 196 valence electrons. The summed E-state index contributed by atoms with van der Waals surface area (Å²) < 4.78 is 5.83. The van der Waals surface area contributed by atoms with E-state index in [9.17, 15) is 14.7 Å². The Kier molecular flexibility index (Phi) is 7.57. The number of benzene rings is 2. The van der Waals surface area contributed by atoms with Gasteiger partial charge < -0.3 is 25.5 Å². The lowest BCUT2D eigenvalue weighted by molar-refractivity contribution is -0.129. The number of fused-ring (bicyclic) bond motifs is 1. The molecule has 0 radical (unpaired) electrons. The summed E-state index contributed by atoms with van der Waals surface area (Å²) in [6, 6.07) is 14.5. The van der Waals surface area contributed by atoms with Crippen molar-refractivity contribution in [2.45, 2.75) is 50.8 Å². The Morgan fingerprint density at radius 2 is 1.76 bits per heavy atom. The standard InChI is InChI=1S/C28H28ClN5O4/c1-16(35)28(37)34-18-9-7-17(8-10-18)33-27-24-22(14-30-26(24)31-15-32-27)25(36)21-12-11-20(13-23(21)29)38-19-5-3-2-4-6-19/h2-6,11-18,35H,7-10H2,1H3,(H,34,37)(H2,30,31,32,33)/t16?,17-,18+. The predicted octanol–water partition coefficient (Wildman–Crippen LogP) is 4.85. The highest BCUT2D eigenvalue weighted by atomic mass is 35.5.